The Balaban J connectivity index is 1.50. The van der Waals surface area contributed by atoms with Crippen LogP contribution in [-0.2, 0) is 4.79 Å². The summed E-state index contributed by atoms with van der Waals surface area (Å²) in [7, 11) is 0. The number of amides is 1. The van der Waals surface area contributed by atoms with Crippen LogP contribution in [0.3, 0.4) is 0 Å². The Hall–Kier alpha value is -2.39. The van der Waals surface area contributed by atoms with Crippen LogP contribution >= 0.6 is 23.5 Å². The zero-order valence-corrected chi connectivity index (χ0v) is 17.7. The maximum absolute atomic E-state index is 14.2. The van der Waals surface area contributed by atoms with Gasteiger partial charge >= 0.3 is 0 Å². The summed E-state index contributed by atoms with van der Waals surface area (Å²) in [6.45, 7) is 4.61. The normalized spacial score (nSPS) is 16.4. The van der Waals surface area contributed by atoms with E-state index in [1.807, 2.05) is 32.0 Å². The topological polar surface area (TPSA) is 63.9 Å². The maximum Gasteiger partial charge on any atom is 0.234 e. The molecule has 0 N–H and O–H groups in total. The van der Waals surface area contributed by atoms with Crippen molar-refractivity contribution in [3.8, 4) is 5.69 Å². The van der Waals surface area contributed by atoms with Crippen LogP contribution in [-0.4, -0.2) is 49.1 Å². The lowest BCUT2D eigenvalue weighted by atomic mass is 10.1. The van der Waals surface area contributed by atoms with Crippen molar-refractivity contribution in [3.63, 3.8) is 0 Å². The van der Waals surface area contributed by atoms with Gasteiger partial charge in [-0.05, 0) is 41.5 Å². The number of carbonyl (C=O) groups is 1. The summed E-state index contributed by atoms with van der Waals surface area (Å²) in [5.41, 5.74) is 3.59. The molecule has 3 aromatic rings. The van der Waals surface area contributed by atoms with E-state index in [0.29, 0.717) is 17.3 Å². The second-order valence-electron chi connectivity index (χ2n) is 6.73. The number of tetrazole rings is 1. The molecule has 6 nitrogen and oxygen atoms in total. The quantitative estimate of drug-likeness (QED) is 0.575. The number of hydrogen-bond acceptors (Lipinski definition) is 6. The van der Waals surface area contributed by atoms with Crippen LogP contribution in [0.2, 0.25) is 0 Å². The van der Waals surface area contributed by atoms with Crippen LogP contribution in [0.1, 0.15) is 22.1 Å². The summed E-state index contributed by atoms with van der Waals surface area (Å²) in [6.07, 6.45) is 0. The molecule has 1 fully saturated rings. The number of halogens is 1. The van der Waals surface area contributed by atoms with E-state index in [1.54, 1.807) is 39.5 Å². The summed E-state index contributed by atoms with van der Waals surface area (Å²) in [4.78, 5) is 14.6. The predicted molar refractivity (Wildman–Crippen MR) is 113 cm³/mol. The fourth-order valence-electron chi connectivity index (χ4n) is 3.42. The minimum absolute atomic E-state index is 0.0516. The average molecular weight is 430 g/mol. The SMILES string of the molecule is Cc1cccc(C)c1-n1nnnc1SCC(=O)N1CCSC1c1ccccc1F. The van der Waals surface area contributed by atoms with Crippen LogP contribution in [0.4, 0.5) is 4.39 Å². The molecule has 1 amide bonds. The number of nitrogens with zero attached hydrogens (tertiary/aromatic N) is 5. The molecule has 9 heteroatoms. The molecular weight excluding hydrogens is 409 g/mol. The Labute approximate surface area is 176 Å². The van der Waals surface area contributed by atoms with E-state index in [4.69, 9.17) is 0 Å². The predicted octanol–water partition coefficient (Wildman–Crippen LogP) is 3.78. The van der Waals surface area contributed by atoms with Gasteiger partial charge in [0.25, 0.3) is 0 Å². The van der Waals surface area contributed by atoms with Gasteiger partial charge in [0.05, 0.1) is 11.4 Å². The standard InChI is InChI=1S/C20H20FN5OS2/c1-13-6-5-7-14(2)18(13)26-20(22-23-24-26)29-12-17(27)25-10-11-28-19(25)15-8-3-4-9-16(15)21/h3-9,19H,10-12H2,1-2H3. The molecule has 0 radical (unpaired) electrons. The van der Waals surface area contributed by atoms with Gasteiger partial charge in [-0.3, -0.25) is 4.79 Å². The second kappa shape index (κ2) is 8.54. The first-order chi connectivity index (χ1) is 14.1. The van der Waals surface area contributed by atoms with Crippen molar-refractivity contribution in [2.45, 2.75) is 24.4 Å². The molecule has 1 atom stereocenters. The van der Waals surface area contributed by atoms with Gasteiger partial charge in [-0.15, -0.1) is 16.9 Å². The van der Waals surface area contributed by atoms with Gasteiger partial charge < -0.3 is 4.90 Å². The number of aryl methyl sites for hydroxylation is 2. The molecule has 0 spiro atoms. The van der Waals surface area contributed by atoms with Crippen LogP contribution in [0.25, 0.3) is 5.69 Å². The Morgan fingerprint density at radius 3 is 2.72 bits per heavy atom. The smallest absolute Gasteiger partial charge is 0.234 e. The van der Waals surface area contributed by atoms with Crippen molar-refractivity contribution in [2.75, 3.05) is 18.1 Å². The molecule has 1 unspecified atom stereocenters. The zero-order valence-electron chi connectivity index (χ0n) is 16.1. The number of thioether (sulfide) groups is 2. The molecule has 1 aliphatic rings. The van der Waals surface area contributed by atoms with E-state index in [1.165, 1.54) is 17.8 Å². The van der Waals surface area contributed by atoms with Gasteiger partial charge in [-0.25, -0.2) is 4.39 Å². The maximum atomic E-state index is 14.2. The Kier molecular flexibility index (Phi) is 5.86. The fourth-order valence-corrected chi connectivity index (χ4v) is 5.48. The number of para-hydroxylation sites is 1. The van der Waals surface area contributed by atoms with Crippen molar-refractivity contribution < 1.29 is 9.18 Å². The van der Waals surface area contributed by atoms with E-state index in [-0.39, 0.29) is 22.9 Å². The third kappa shape index (κ3) is 4.02. The molecule has 1 saturated heterocycles. The highest BCUT2D eigenvalue weighted by Crippen LogP contribution is 2.39. The molecule has 0 bridgehead atoms. The van der Waals surface area contributed by atoms with Crippen molar-refractivity contribution in [1.29, 1.82) is 0 Å². The lowest BCUT2D eigenvalue weighted by molar-refractivity contribution is -0.128. The van der Waals surface area contributed by atoms with Crippen molar-refractivity contribution >= 4 is 29.4 Å². The van der Waals surface area contributed by atoms with Crippen LogP contribution < -0.4 is 0 Å². The van der Waals surface area contributed by atoms with Gasteiger partial charge in [-0.1, -0.05) is 48.2 Å². The summed E-state index contributed by atoms with van der Waals surface area (Å²) < 4.78 is 15.9. The number of benzene rings is 2. The first kappa shape index (κ1) is 19.9. The summed E-state index contributed by atoms with van der Waals surface area (Å²) in [5.74, 6) is 0.646. The number of carbonyl (C=O) groups excluding carboxylic acids is 1. The molecule has 1 aliphatic heterocycles. The number of hydrogen-bond donors (Lipinski definition) is 0. The first-order valence-electron chi connectivity index (χ1n) is 9.19. The molecule has 1 aromatic heterocycles. The highest BCUT2D eigenvalue weighted by Gasteiger charge is 2.32. The Morgan fingerprint density at radius 2 is 1.97 bits per heavy atom. The third-order valence-corrected chi connectivity index (χ3v) is 6.95. The van der Waals surface area contributed by atoms with Crippen molar-refractivity contribution in [2.24, 2.45) is 0 Å². The molecule has 29 heavy (non-hydrogen) atoms. The molecule has 0 saturated carbocycles. The van der Waals surface area contributed by atoms with Gasteiger partial charge in [0.15, 0.2) is 0 Å². The molecule has 2 aromatic carbocycles. The molecule has 0 aliphatic carbocycles. The number of rotatable bonds is 5. The van der Waals surface area contributed by atoms with Gasteiger partial charge in [0.2, 0.25) is 11.1 Å². The highest BCUT2D eigenvalue weighted by molar-refractivity contribution is 8.00. The van der Waals surface area contributed by atoms with Crippen LogP contribution in [0, 0.1) is 19.7 Å². The minimum Gasteiger partial charge on any atom is -0.325 e. The largest absolute Gasteiger partial charge is 0.325 e. The summed E-state index contributed by atoms with van der Waals surface area (Å²) in [6, 6.07) is 12.6. The first-order valence-corrected chi connectivity index (χ1v) is 11.2. The Bertz CT molecular complexity index is 1020. The highest BCUT2D eigenvalue weighted by atomic mass is 32.2. The van der Waals surface area contributed by atoms with E-state index in [2.05, 4.69) is 15.5 Å². The molecule has 4 rings (SSSR count). The Morgan fingerprint density at radius 1 is 1.21 bits per heavy atom. The van der Waals surface area contributed by atoms with Crippen LogP contribution in [0.15, 0.2) is 47.6 Å². The monoisotopic (exact) mass is 429 g/mol. The number of aromatic nitrogens is 4. The second-order valence-corrected chi connectivity index (χ2v) is 8.86. The van der Waals surface area contributed by atoms with Gasteiger partial charge in [-0.2, -0.15) is 4.68 Å². The minimum atomic E-state index is -0.293. The lowest BCUT2D eigenvalue weighted by Gasteiger charge is -2.24. The average Bonchev–Trinajstić information content (AvgIpc) is 3.36. The molecule has 2 heterocycles. The van der Waals surface area contributed by atoms with E-state index < -0.39 is 0 Å². The summed E-state index contributed by atoms with van der Waals surface area (Å²) >= 11 is 2.88. The fraction of sp³-hybridized carbons (Fsp3) is 0.300. The third-order valence-electron chi connectivity index (χ3n) is 4.80. The molecule has 150 valence electrons. The van der Waals surface area contributed by atoms with Crippen molar-refractivity contribution in [1.82, 2.24) is 25.1 Å². The summed E-state index contributed by atoms with van der Waals surface area (Å²) in [5, 5.41) is 12.3. The van der Waals surface area contributed by atoms with Gasteiger partial charge in [0, 0.05) is 17.9 Å². The lowest BCUT2D eigenvalue weighted by Crippen LogP contribution is -2.32. The molecular formula is C20H20FN5OS2. The van der Waals surface area contributed by atoms with E-state index in [9.17, 15) is 9.18 Å². The van der Waals surface area contributed by atoms with E-state index in [0.717, 1.165) is 22.6 Å². The zero-order chi connectivity index (χ0) is 20.4. The van der Waals surface area contributed by atoms with Gasteiger partial charge in [0.1, 0.15) is 11.2 Å². The van der Waals surface area contributed by atoms with E-state index >= 15 is 0 Å². The van der Waals surface area contributed by atoms with Crippen LogP contribution in [0.5, 0.6) is 0 Å². The van der Waals surface area contributed by atoms with Crippen molar-refractivity contribution in [3.05, 3.63) is 65.0 Å².